The van der Waals surface area contributed by atoms with Crippen LogP contribution in [-0.4, -0.2) is 81.7 Å². The van der Waals surface area contributed by atoms with E-state index in [4.69, 9.17) is 9.73 Å². The van der Waals surface area contributed by atoms with Crippen LogP contribution in [0.5, 0.6) is 0 Å². The van der Waals surface area contributed by atoms with E-state index in [1.165, 1.54) is 23.1 Å². The van der Waals surface area contributed by atoms with E-state index in [-0.39, 0.29) is 30.3 Å². The van der Waals surface area contributed by atoms with Gasteiger partial charge in [-0.3, -0.25) is 19.4 Å². The van der Waals surface area contributed by atoms with Gasteiger partial charge in [-0.15, -0.1) is 23.1 Å². The molecule has 3 aliphatic heterocycles. The van der Waals surface area contributed by atoms with Gasteiger partial charge in [-0.05, 0) is 30.9 Å². The van der Waals surface area contributed by atoms with Gasteiger partial charge in [0.15, 0.2) is 6.04 Å². The van der Waals surface area contributed by atoms with E-state index >= 15 is 0 Å². The van der Waals surface area contributed by atoms with Crippen LogP contribution >= 0.6 is 34.9 Å². The second-order valence-corrected chi connectivity index (χ2v) is 12.4. The summed E-state index contributed by atoms with van der Waals surface area (Å²) in [5.74, 6) is 0.777. The van der Waals surface area contributed by atoms with E-state index in [1.807, 2.05) is 36.6 Å². The Morgan fingerprint density at radius 3 is 2.69 bits per heavy atom. The number of fused-ring (bicyclic) bond motifs is 4. The molecule has 0 aliphatic carbocycles. The second-order valence-electron chi connectivity index (χ2n) is 9.43. The molecule has 4 heterocycles. The van der Waals surface area contributed by atoms with Crippen LogP contribution in [0.2, 0.25) is 0 Å². The number of benzene rings is 1. The van der Waals surface area contributed by atoms with Gasteiger partial charge in [-0.25, -0.2) is 9.98 Å². The molecule has 5 unspecified atom stereocenters. The fourth-order valence-corrected chi connectivity index (χ4v) is 6.81. The number of carbonyl (C=O) groups is 3. The first kappa shape index (κ1) is 27.7. The Morgan fingerprint density at radius 1 is 1.08 bits per heavy atom. The largest absolute Gasteiger partial charge is 0.474 e. The van der Waals surface area contributed by atoms with Crippen LogP contribution in [0.25, 0.3) is 0 Å². The molecule has 0 saturated carbocycles. The predicted molar refractivity (Wildman–Crippen MR) is 156 cm³/mol. The lowest BCUT2D eigenvalue weighted by Crippen LogP contribution is -2.47. The van der Waals surface area contributed by atoms with Crippen molar-refractivity contribution in [1.29, 1.82) is 0 Å². The van der Waals surface area contributed by atoms with Crippen molar-refractivity contribution >= 4 is 63.5 Å². The summed E-state index contributed by atoms with van der Waals surface area (Å²) in [6, 6.07) is 7.50. The van der Waals surface area contributed by atoms with E-state index in [9.17, 15) is 14.4 Å². The van der Waals surface area contributed by atoms with E-state index < -0.39 is 24.2 Å². The third-order valence-electron chi connectivity index (χ3n) is 6.57. The zero-order valence-corrected chi connectivity index (χ0v) is 24.0. The normalized spacial score (nSPS) is 27.3. The lowest BCUT2D eigenvalue weighted by molar-refractivity contribution is -0.124. The lowest BCUT2D eigenvalue weighted by Gasteiger charge is -2.21. The third-order valence-corrected chi connectivity index (χ3v) is 9.23. The zero-order chi connectivity index (χ0) is 27.4. The number of carbonyl (C=O) groups excluding carboxylic acids is 3. The minimum Gasteiger partial charge on any atom is -0.474 e. The average Bonchev–Trinajstić information content (AvgIpc) is 3.69. The number of nitrogens with one attached hydrogen (secondary N) is 3. The number of hydrogen-bond donors (Lipinski definition) is 3. The van der Waals surface area contributed by atoms with Gasteiger partial charge in [0.05, 0.1) is 17.6 Å². The molecule has 10 nitrogen and oxygen atoms in total. The summed E-state index contributed by atoms with van der Waals surface area (Å²) in [4.78, 5) is 53.3. The monoisotopic (exact) mass is 586 g/mol. The first-order valence-corrected chi connectivity index (χ1v) is 16.0. The number of amides is 3. The maximum atomic E-state index is 13.4. The molecule has 0 fully saturated rings. The summed E-state index contributed by atoms with van der Waals surface area (Å²) in [7, 11) is 0. The molecule has 3 N–H and O–H groups in total. The summed E-state index contributed by atoms with van der Waals surface area (Å²) in [5.41, 5.74) is 1.29. The van der Waals surface area contributed by atoms with Gasteiger partial charge in [-0.1, -0.05) is 30.3 Å². The summed E-state index contributed by atoms with van der Waals surface area (Å²) >= 11 is 4.48. The summed E-state index contributed by atoms with van der Waals surface area (Å²) < 4.78 is 6.04. The molecule has 1 aromatic heterocycles. The number of nitrogens with zero attached hydrogens (tertiary/aromatic N) is 3. The maximum Gasteiger partial charge on any atom is 0.271 e. The number of thioether (sulfide) groups is 2. The van der Waals surface area contributed by atoms with Crippen molar-refractivity contribution in [2.75, 3.05) is 17.8 Å². The van der Waals surface area contributed by atoms with Crippen molar-refractivity contribution in [3.63, 3.8) is 0 Å². The minimum absolute atomic E-state index is 0.176. The standard InChI is InChI=1S/C26H30N6O4S3/c1-14-21-24(35)27-11-20-28-18(12-38-20)22(33)29-16(8-9-37-2)26-31-19(13-39-26)23(34)30-17(25(32-21)36-14)10-15-6-4-3-5-7-15/h3-7,12,14,16-17,19,21H,8-11,13H2,1-2H3,(H,27,35)(H,29,33)(H,30,34). The summed E-state index contributed by atoms with van der Waals surface area (Å²) in [6.45, 7) is 1.96. The van der Waals surface area contributed by atoms with Crippen molar-refractivity contribution in [3.05, 3.63) is 52.0 Å². The number of aliphatic imine (C=N–C) groups is 2. The van der Waals surface area contributed by atoms with E-state index in [2.05, 4.69) is 25.9 Å². The number of aromatic nitrogens is 1. The number of thiazole rings is 1. The highest BCUT2D eigenvalue weighted by atomic mass is 32.2. The van der Waals surface area contributed by atoms with Gasteiger partial charge in [-0.2, -0.15) is 11.8 Å². The quantitative estimate of drug-likeness (QED) is 0.488. The third kappa shape index (κ3) is 6.64. The Balaban J connectivity index is 1.46. The molecule has 5 rings (SSSR count). The maximum absolute atomic E-state index is 13.4. The Bertz CT molecular complexity index is 1280. The number of rotatable bonds is 5. The van der Waals surface area contributed by atoms with Crippen molar-refractivity contribution in [1.82, 2.24) is 20.9 Å². The smallest absolute Gasteiger partial charge is 0.271 e. The number of hydrogen-bond acceptors (Lipinski definition) is 10. The van der Waals surface area contributed by atoms with E-state index in [0.717, 1.165) is 16.4 Å². The Morgan fingerprint density at radius 2 is 1.90 bits per heavy atom. The highest BCUT2D eigenvalue weighted by Gasteiger charge is 2.38. The second kappa shape index (κ2) is 12.5. The van der Waals surface area contributed by atoms with Crippen LogP contribution in [0, 0.1) is 0 Å². The molecule has 3 aliphatic rings. The number of ether oxygens (including phenoxy) is 1. The van der Waals surface area contributed by atoms with Gasteiger partial charge in [0, 0.05) is 17.6 Å². The Labute approximate surface area is 239 Å². The summed E-state index contributed by atoms with van der Waals surface area (Å²) in [6.07, 6.45) is 2.65. The van der Waals surface area contributed by atoms with E-state index in [0.29, 0.717) is 35.2 Å². The molecular formula is C26H30N6O4S3. The van der Waals surface area contributed by atoms with Crippen molar-refractivity contribution in [3.8, 4) is 0 Å². The van der Waals surface area contributed by atoms with Crippen LogP contribution < -0.4 is 16.0 Å². The van der Waals surface area contributed by atoms with Gasteiger partial charge in [0.25, 0.3) is 5.91 Å². The predicted octanol–water partition coefficient (Wildman–Crippen LogP) is 2.05. The Kier molecular flexibility index (Phi) is 8.88. The highest BCUT2D eigenvalue weighted by Crippen LogP contribution is 2.24. The first-order chi connectivity index (χ1) is 18.9. The molecule has 2 aromatic rings. The molecule has 39 heavy (non-hydrogen) atoms. The molecular weight excluding hydrogens is 557 g/mol. The molecule has 3 amide bonds. The fraction of sp³-hybridized carbons (Fsp3) is 0.462. The highest BCUT2D eigenvalue weighted by molar-refractivity contribution is 8.14. The molecule has 0 radical (unpaired) electrons. The molecule has 0 spiro atoms. The summed E-state index contributed by atoms with van der Waals surface area (Å²) in [5, 5.41) is 12.0. The van der Waals surface area contributed by atoms with Gasteiger partial charge >= 0.3 is 0 Å². The van der Waals surface area contributed by atoms with Gasteiger partial charge < -0.3 is 20.7 Å². The van der Waals surface area contributed by atoms with Crippen molar-refractivity contribution in [2.45, 2.75) is 56.6 Å². The molecule has 206 valence electrons. The first-order valence-electron chi connectivity index (χ1n) is 12.7. The SMILES string of the molecule is CSCCC1NC(=O)c2csc(n2)CNC(=O)C2N=C(OC2C)C(Cc2ccccc2)NC(=O)C2CSC1=N2. The molecule has 1 aromatic carbocycles. The van der Waals surface area contributed by atoms with Crippen LogP contribution in [-0.2, 0) is 27.3 Å². The van der Waals surface area contributed by atoms with Crippen LogP contribution in [0.15, 0.2) is 45.7 Å². The molecule has 5 atom stereocenters. The molecule has 0 saturated heterocycles. The van der Waals surface area contributed by atoms with Crippen molar-refractivity contribution in [2.24, 2.45) is 9.98 Å². The topological polar surface area (TPSA) is 134 Å². The van der Waals surface area contributed by atoms with Gasteiger partial charge in [0.1, 0.15) is 28.9 Å². The van der Waals surface area contributed by atoms with E-state index in [1.54, 1.807) is 24.1 Å². The van der Waals surface area contributed by atoms with Gasteiger partial charge in [0.2, 0.25) is 17.7 Å². The zero-order valence-electron chi connectivity index (χ0n) is 21.6. The van der Waals surface area contributed by atoms with Crippen LogP contribution in [0.1, 0.15) is 34.4 Å². The minimum atomic E-state index is -0.763. The Hall–Kier alpha value is -2.90. The molecule has 6 bridgehead atoms. The van der Waals surface area contributed by atoms with Crippen LogP contribution in [0.3, 0.4) is 0 Å². The average molecular weight is 587 g/mol. The fourth-order valence-electron chi connectivity index (χ4n) is 4.50. The van der Waals surface area contributed by atoms with Crippen molar-refractivity contribution < 1.29 is 19.1 Å². The van der Waals surface area contributed by atoms with Crippen LogP contribution in [0.4, 0.5) is 0 Å². The molecule has 13 heteroatoms. The lowest BCUT2D eigenvalue weighted by atomic mass is 10.1.